The number of methoxy groups -OCH3 is 2. The molecule has 5 heterocycles. The second-order valence-corrected chi connectivity index (χ2v) is 19.1. The SMILES string of the molecule is CC(=O)OCc1c(OC(C)=O)ccc2c(-c3cc4ccccc4oc3=O)cc(=O)oc12.CCN(CC)Cc1c(O)ccc2c(-c3cc4ccccc4oc3=O)cc(=O)oc12.COCCN(CCOC)Cc1c(O)ccc2c(C)cc(=O)oc12. The number of carbonyl (C=O) groups excluding carboxylic acids is 2. The first-order valence-electron chi connectivity index (χ1n) is 26.4. The molecule has 10 aromatic rings. The summed E-state index contributed by atoms with van der Waals surface area (Å²) in [4.78, 5) is 88.7. The zero-order valence-electron chi connectivity index (χ0n) is 46.7. The van der Waals surface area contributed by atoms with Crippen molar-refractivity contribution in [3.05, 3.63) is 190 Å². The third-order valence-electron chi connectivity index (χ3n) is 13.6. The minimum absolute atomic E-state index is 0.0371. The van der Waals surface area contributed by atoms with Gasteiger partial charge < -0.3 is 51.2 Å². The highest BCUT2D eigenvalue weighted by atomic mass is 16.5. The molecule has 0 bridgehead atoms. The molecule has 5 aromatic carbocycles. The van der Waals surface area contributed by atoms with Crippen LogP contribution in [0.2, 0.25) is 0 Å². The first kappa shape index (κ1) is 59.6. The van der Waals surface area contributed by atoms with Crippen molar-refractivity contribution in [2.45, 2.75) is 54.3 Å². The van der Waals surface area contributed by atoms with E-state index in [4.69, 9.17) is 41.0 Å². The largest absolute Gasteiger partial charge is 0.507 e. The summed E-state index contributed by atoms with van der Waals surface area (Å²) in [5.41, 5.74) is 2.05. The van der Waals surface area contributed by atoms with Crippen LogP contribution >= 0.6 is 0 Å². The Morgan fingerprint density at radius 1 is 0.506 bits per heavy atom. The zero-order chi connectivity index (χ0) is 59.5. The second kappa shape index (κ2) is 26.9. The summed E-state index contributed by atoms with van der Waals surface area (Å²) in [6.07, 6.45) is 0. The van der Waals surface area contributed by atoms with Crippen LogP contribution in [-0.4, -0.2) is 85.6 Å². The maximum Gasteiger partial charge on any atom is 0.344 e. The average molecular weight is 1130 g/mol. The molecule has 0 fully saturated rings. The van der Waals surface area contributed by atoms with Gasteiger partial charge in [0.2, 0.25) is 0 Å². The van der Waals surface area contributed by atoms with Gasteiger partial charge in [-0.15, -0.1) is 0 Å². The fourth-order valence-electron chi connectivity index (χ4n) is 9.38. The van der Waals surface area contributed by atoms with Crippen LogP contribution in [0.25, 0.3) is 77.1 Å². The summed E-state index contributed by atoms with van der Waals surface area (Å²) in [7, 11) is 3.29. The first-order chi connectivity index (χ1) is 39.9. The summed E-state index contributed by atoms with van der Waals surface area (Å²) < 4.78 is 47.5. The Labute approximate surface area is 472 Å². The third-order valence-corrected chi connectivity index (χ3v) is 13.6. The lowest BCUT2D eigenvalue weighted by Gasteiger charge is -2.22. The van der Waals surface area contributed by atoms with Gasteiger partial charge in [-0.05, 0) is 86.2 Å². The summed E-state index contributed by atoms with van der Waals surface area (Å²) in [5.74, 6) is -0.926. The van der Waals surface area contributed by atoms with Crippen LogP contribution in [0.5, 0.6) is 17.2 Å². The number of aryl methyl sites for hydroxylation is 1. The number of ether oxygens (including phenoxy) is 4. The number of hydrogen-bond acceptors (Lipinski definition) is 20. The van der Waals surface area contributed by atoms with E-state index < -0.39 is 40.1 Å². The maximum absolute atomic E-state index is 12.7. The number of benzene rings is 5. The number of esters is 2. The molecule has 0 atom stereocenters. The molecule has 0 amide bonds. The van der Waals surface area contributed by atoms with Crippen molar-refractivity contribution in [2.75, 3.05) is 53.6 Å². The molecule has 0 saturated heterocycles. The fourth-order valence-corrected chi connectivity index (χ4v) is 9.38. The molecular weight excluding hydrogens is 1070 g/mol. The Bertz CT molecular complexity index is 4330. The minimum atomic E-state index is -0.737. The summed E-state index contributed by atoms with van der Waals surface area (Å²) >= 11 is 0. The van der Waals surface area contributed by atoms with Gasteiger partial charge in [-0.3, -0.25) is 19.4 Å². The highest BCUT2D eigenvalue weighted by molar-refractivity contribution is 5.98. The van der Waals surface area contributed by atoms with Gasteiger partial charge in [0.1, 0.15) is 51.8 Å². The van der Waals surface area contributed by atoms with Gasteiger partial charge in [-0.25, -0.2) is 24.0 Å². The molecule has 2 N–H and O–H groups in total. The van der Waals surface area contributed by atoms with Crippen LogP contribution in [0, 0.1) is 6.92 Å². The molecule has 0 aliphatic heterocycles. The van der Waals surface area contributed by atoms with E-state index in [1.165, 1.54) is 38.1 Å². The molecule has 0 unspecified atom stereocenters. The van der Waals surface area contributed by atoms with E-state index in [0.717, 1.165) is 29.4 Å². The van der Waals surface area contributed by atoms with Crippen LogP contribution in [0.15, 0.2) is 161 Å². The molecule has 20 nitrogen and oxygen atoms in total. The maximum atomic E-state index is 12.7. The Kier molecular flexibility index (Phi) is 19.3. The molecule has 0 aliphatic carbocycles. The van der Waals surface area contributed by atoms with Crippen LogP contribution in [0.4, 0.5) is 0 Å². The highest BCUT2D eigenvalue weighted by Gasteiger charge is 2.22. The third kappa shape index (κ3) is 14.0. The van der Waals surface area contributed by atoms with E-state index in [9.17, 15) is 43.8 Å². The van der Waals surface area contributed by atoms with Crippen molar-refractivity contribution in [2.24, 2.45) is 0 Å². The van der Waals surface area contributed by atoms with E-state index in [-0.39, 0.29) is 57.3 Å². The number of phenols is 2. The van der Waals surface area contributed by atoms with Crippen LogP contribution in [0.3, 0.4) is 0 Å². The first-order valence-corrected chi connectivity index (χ1v) is 26.4. The Morgan fingerprint density at radius 3 is 1.43 bits per heavy atom. The number of hydrogen-bond donors (Lipinski definition) is 2. The standard InChI is InChI=1S/C23H21NO5.C23H16O8.C17H23NO5/c1-3-24(4-2)13-18-19(25)10-9-15-16(12-21(26)29-22(15)18)17-11-14-7-5-6-8-20(14)28-23(17)27;1-12(24)28-11-18-20(29-13(2)25)8-7-15-16(10-21(26)31-22(15)18)17-9-14-5-3-4-6-19(14)30-23(17)27;1-12-10-16(20)23-17-13(12)4-5-15(19)14(17)11-18(6-8-21-2)7-9-22-3/h5-12,25H,3-4,13H2,1-2H3;3-10H,11H2,1-2H3;4-5,10,19H,6-9,11H2,1-3H3. The number of para-hydroxylation sites is 2. The summed E-state index contributed by atoms with van der Waals surface area (Å²) in [5, 5.41) is 23.9. The van der Waals surface area contributed by atoms with E-state index in [0.29, 0.717) is 89.0 Å². The molecule has 83 heavy (non-hydrogen) atoms. The predicted octanol–water partition coefficient (Wildman–Crippen LogP) is 9.57. The van der Waals surface area contributed by atoms with Crippen molar-refractivity contribution in [1.29, 1.82) is 0 Å². The number of phenolic OH excluding ortho intramolecular Hbond substituents is 2. The fraction of sp³-hybridized carbons (Fsp3) is 0.254. The molecule has 20 heteroatoms. The lowest BCUT2D eigenvalue weighted by atomic mass is 9.99. The lowest BCUT2D eigenvalue weighted by Crippen LogP contribution is -2.30. The Morgan fingerprint density at radius 2 is 0.952 bits per heavy atom. The number of fused-ring (bicyclic) bond motifs is 5. The normalized spacial score (nSPS) is 11.3. The van der Waals surface area contributed by atoms with E-state index in [1.54, 1.807) is 93.1 Å². The molecule has 0 aliphatic rings. The van der Waals surface area contributed by atoms with Gasteiger partial charge in [-0.1, -0.05) is 50.2 Å². The molecule has 0 spiro atoms. The monoisotopic (exact) mass is 1130 g/mol. The van der Waals surface area contributed by atoms with Crippen molar-refractivity contribution in [3.63, 3.8) is 0 Å². The highest BCUT2D eigenvalue weighted by Crippen LogP contribution is 2.36. The van der Waals surface area contributed by atoms with Gasteiger partial charge in [0.15, 0.2) is 0 Å². The van der Waals surface area contributed by atoms with Gasteiger partial charge in [0.05, 0.1) is 41.0 Å². The number of aromatic hydroxyl groups is 2. The quantitative estimate of drug-likeness (QED) is 0.0488. The summed E-state index contributed by atoms with van der Waals surface area (Å²) in [6.45, 7) is 13.0. The molecular formula is C63H60N2O18. The van der Waals surface area contributed by atoms with Crippen molar-refractivity contribution in [3.8, 4) is 39.5 Å². The average Bonchev–Trinajstić information content (AvgIpc) is 2.94. The van der Waals surface area contributed by atoms with Crippen LogP contribution < -0.4 is 32.9 Å². The van der Waals surface area contributed by atoms with Gasteiger partial charge in [-0.2, -0.15) is 0 Å². The minimum Gasteiger partial charge on any atom is -0.507 e. The molecule has 5 aromatic heterocycles. The number of nitrogens with zero attached hydrogens (tertiary/aromatic N) is 2. The summed E-state index contributed by atoms with van der Waals surface area (Å²) in [6, 6.07) is 31.1. The van der Waals surface area contributed by atoms with E-state index in [2.05, 4.69) is 9.80 Å². The van der Waals surface area contributed by atoms with E-state index in [1.807, 2.05) is 32.9 Å². The number of rotatable bonds is 17. The smallest absolute Gasteiger partial charge is 0.344 e. The topological polar surface area (TPSA) is 269 Å². The van der Waals surface area contributed by atoms with Crippen molar-refractivity contribution < 1.29 is 60.8 Å². The van der Waals surface area contributed by atoms with Crippen molar-refractivity contribution in [1.82, 2.24) is 9.80 Å². The Hall–Kier alpha value is -9.47. The molecule has 10 rings (SSSR count). The predicted molar refractivity (Wildman–Crippen MR) is 311 cm³/mol. The van der Waals surface area contributed by atoms with Crippen LogP contribution in [0.1, 0.15) is 49.9 Å². The lowest BCUT2D eigenvalue weighted by molar-refractivity contribution is -0.142. The van der Waals surface area contributed by atoms with E-state index >= 15 is 0 Å². The Balaban J connectivity index is 0.000000165. The second-order valence-electron chi connectivity index (χ2n) is 19.1. The molecule has 430 valence electrons. The number of carbonyl (C=O) groups is 2. The zero-order valence-corrected chi connectivity index (χ0v) is 46.7. The van der Waals surface area contributed by atoms with Gasteiger partial charge in [0, 0.05) is 111 Å². The van der Waals surface area contributed by atoms with Crippen LogP contribution in [-0.2, 0) is 43.5 Å². The van der Waals surface area contributed by atoms with Gasteiger partial charge >= 0.3 is 40.1 Å². The van der Waals surface area contributed by atoms with Crippen molar-refractivity contribution >= 4 is 66.8 Å². The van der Waals surface area contributed by atoms with Gasteiger partial charge in [0.25, 0.3) is 0 Å². The molecule has 0 radical (unpaired) electrons. The molecule has 0 saturated carbocycles.